The molecule has 0 radical (unpaired) electrons. The summed E-state index contributed by atoms with van der Waals surface area (Å²) < 4.78 is 5.87. The summed E-state index contributed by atoms with van der Waals surface area (Å²) in [5, 5.41) is 3.22. The zero-order chi connectivity index (χ0) is 13.0. The molecule has 4 rings (SSSR count). The maximum atomic E-state index is 6.08. The number of halogens is 2. The van der Waals surface area contributed by atoms with Gasteiger partial charge in [0.1, 0.15) is 16.3 Å². The van der Waals surface area contributed by atoms with E-state index in [1.54, 1.807) is 0 Å². The fraction of sp³-hybridized carbons (Fsp3) is 0. The predicted molar refractivity (Wildman–Crippen MR) is 76.8 cm³/mol. The molecule has 19 heavy (non-hydrogen) atoms. The largest absolute Gasteiger partial charge is 0.454 e. The average Bonchev–Trinajstić information content (AvgIpc) is 2.77. The Morgan fingerprint density at radius 1 is 0.842 bits per heavy atom. The van der Waals surface area contributed by atoms with Crippen molar-refractivity contribution >= 4 is 56.0 Å². The first-order chi connectivity index (χ1) is 9.24. The number of aromatic nitrogens is 2. The molecule has 5 heteroatoms. The molecule has 0 unspecified atom stereocenters. The van der Waals surface area contributed by atoms with Gasteiger partial charge in [-0.15, -0.1) is 0 Å². The predicted octanol–water partition coefficient (Wildman–Crippen LogP) is 4.84. The van der Waals surface area contributed by atoms with Gasteiger partial charge in [-0.1, -0.05) is 29.8 Å². The third-order valence-electron chi connectivity index (χ3n) is 3.14. The summed E-state index contributed by atoms with van der Waals surface area (Å²) in [6.07, 6.45) is 0. The third kappa shape index (κ3) is 1.52. The van der Waals surface area contributed by atoms with Crippen molar-refractivity contribution in [1.29, 1.82) is 0 Å². The molecule has 3 nitrogen and oxygen atoms in total. The molecule has 0 fully saturated rings. The van der Waals surface area contributed by atoms with Gasteiger partial charge in [0, 0.05) is 16.2 Å². The smallest absolute Gasteiger partial charge is 0.224 e. The summed E-state index contributed by atoms with van der Waals surface area (Å²) in [6, 6.07) is 11.7. The van der Waals surface area contributed by atoms with Gasteiger partial charge in [-0.25, -0.2) is 9.97 Å². The average molecular weight is 289 g/mol. The number of fused-ring (bicyclic) bond motifs is 5. The van der Waals surface area contributed by atoms with E-state index in [1.807, 2.05) is 36.4 Å². The first-order valence-corrected chi connectivity index (χ1v) is 6.42. The molecular weight excluding hydrogens is 283 g/mol. The molecule has 0 spiro atoms. The van der Waals surface area contributed by atoms with E-state index >= 15 is 0 Å². The van der Waals surface area contributed by atoms with Gasteiger partial charge in [-0.05, 0) is 29.8 Å². The normalized spacial score (nSPS) is 11.7. The van der Waals surface area contributed by atoms with Crippen molar-refractivity contribution in [3.05, 3.63) is 46.8 Å². The van der Waals surface area contributed by atoms with E-state index in [9.17, 15) is 0 Å². The monoisotopic (exact) mass is 288 g/mol. The van der Waals surface area contributed by atoms with Crippen LogP contribution in [0, 0.1) is 0 Å². The molecule has 0 atom stereocenters. The molecule has 0 aliphatic rings. The van der Waals surface area contributed by atoms with Crippen molar-refractivity contribution in [2.24, 2.45) is 0 Å². The Kier molecular flexibility index (Phi) is 2.22. The van der Waals surface area contributed by atoms with Crippen LogP contribution in [0.15, 0.2) is 40.8 Å². The molecule has 0 bridgehead atoms. The van der Waals surface area contributed by atoms with Gasteiger partial charge in [0.2, 0.25) is 5.28 Å². The second-order valence-corrected chi connectivity index (χ2v) is 4.92. The molecule has 2 heterocycles. The highest BCUT2D eigenvalue weighted by Gasteiger charge is 2.13. The summed E-state index contributed by atoms with van der Waals surface area (Å²) in [7, 11) is 0. The van der Waals surface area contributed by atoms with Gasteiger partial charge in [0.05, 0.1) is 0 Å². The lowest BCUT2D eigenvalue weighted by molar-refractivity contribution is 0.671. The Morgan fingerprint density at radius 3 is 2.53 bits per heavy atom. The molecule has 0 aliphatic carbocycles. The van der Waals surface area contributed by atoms with Crippen molar-refractivity contribution < 1.29 is 4.42 Å². The molecule has 0 N–H and O–H groups in total. The minimum absolute atomic E-state index is 0.116. The number of hydrogen-bond acceptors (Lipinski definition) is 3. The minimum Gasteiger partial charge on any atom is -0.454 e. The van der Waals surface area contributed by atoms with E-state index in [1.165, 1.54) is 0 Å². The van der Waals surface area contributed by atoms with Gasteiger partial charge < -0.3 is 4.42 Å². The van der Waals surface area contributed by atoms with Crippen LogP contribution in [-0.2, 0) is 0 Å². The zero-order valence-corrected chi connectivity index (χ0v) is 11.0. The number of hydrogen-bond donors (Lipinski definition) is 0. The van der Waals surface area contributed by atoms with Gasteiger partial charge >= 0.3 is 0 Å². The lowest BCUT2D eigenvalue weighted by Gasteiger charge is -2.00. The number of furan rings is 1. The Hall–Kier alpha value is -1.84. The van der Waals surface area contributed by atoms with Crippen molar-refractivity contribution in [1.82, 2.24) is 9.97 Å². The molecule has 2 aromatic heterocycles. The van der Waals surface area contributed by atoms with Crippen LogP contribution in [0.25, 0.3) is 32.8 Å². The third-order valence-corrected chi connectivity index (χ3v) is 3.59. The van der Waals surface area contributed by atoms with Gasteiger partial charge in [-0.3, -0.25) is 0 Å². The van der Waals surface area contributed by atoms with Crippen LogP contribution in [0.2, 0.25) is 10.4 Å². The van der Waals surface area contributed by atoms with Crippen LogP contribution in [0.1, 0.15) is 0 Å². The number of nitrogens with zero attached hydrogens (tertiary/aromatic N) is 2. The summed E-state index contributed by atoms with van der Waals surface area (Å²) in [6.45, 7) is 0. The maximum absolute atomic E-state index is 6.08. The zero-order valence-electron chi connectivity index (χ0n) is 9.52. The highest BCUT2D eigenvalue weighted by molar-refractivity contribution is 6.36. The van der Waals surface area contributed by atoms with Crippen molar-refractivity contribution in [2.45, 2.75) is 0 Å². The summed E-state index contributed by atoms with van der Waals surface area (Å²) in [4.78, 5) is 8.18. The van der Waals surface area contributed by atoms with Crippen LogP contribution >= 0.6 is 23.2 Å². The SMILES string of the molecule is Clc1nc(Cl)c2ccc3c4ccccc4oc3c2n1. The van der Waals surface area contributed by atoms with Crippen molar-refractivity contribution in [3.8, 4) is 0 Å². The van der Waals surface area contributed by atoms with Crippen LogP contribution in [0.4, 0.5) is 0 Å². The molecule has 2 aromatic carbocycles. The first kappa shape index (κ1) is 11.0. The van der Waals surface area contributed by atoms with E-state index in [0.29, 0.717) is 16.3 Å². The molecule has 0 saturated carbocycles. The Balaban J connectivity index is 2.31. The minimum atomic E-state index is 0.116. The lowest BCUT2D eigenvalue weighted by atomic mass is 10.1. The fourth-order valence-corrected chi connectivity index (χ4v) is 2.76. The van der Waals surface area contributed by atoms with E-state index in [2.05, 4.69) is 9.97 Å². The standard InChI is InChI=1S/C14H6Cl2N2O/c15-13-9-6-5-8-7-3-1-2-4-10(7)19-12(8)11(9)17-14(16)18-13/h1-6H. The lowest BCUT2D eigenvalue weighted by Crippen LogP contribution is -1.86. The fourth-order valence-electron chi connectivity index (χ4n) is 2.31. The molecule has 0 saturated heterocycles. The summed E-state index contributed by atoms with van der Waals surface area (Å²) >= 11 is 12.0. The first-order valence-electron chi connectivity index (χ1n) is 5.67. The van der Waals surface area contributed by atoms with Crippen LogP contribution in [-0.4, -0.2) is 9.97 Å². The van der Waals surface area contributed by atoms with Crippen molar-refractivity contribution in [3.63, 3.8) is 0 Å². The van der Waals surface area contributed by atoms with E-state index in [0.717, 1.165) is 21.7 Å². The highest BCUT2D eigenvalue weighted by atomic mass is 35.5. The Labute approximate surface area is 117 Å². The highest BCUT2D eigenvalue weighted by Crippen LogP contribution is 2.35. The van der Waals surface area contributed by atoms with Crippen LogP contribution in [0.5, 0.6) is 0 Å². The molecule has 0 amide bonds. The summed E-state index contributed by atoms with van der Waals surface area (Å²) in [5.41, 5.74) is 2.14. The number of rotatable bonds is 0. The molecular formula is C14H6Cl2N2O. The molecule has 4 aromatic rings. The van der Waals surface area contributed by atoms with Gasteiger partial charge in [0.15, 0.2) is 5.58 Å². The van der Waals surface area contributed by atoms with Gasteiger partial charge in [-0.2, -0.15) is 0 Å². The summed E-state index contributed by atoms with van der Waals surface area (Å²) in [5.74, 6) is 0. The van der Waals surface area contributed by atoms with Gasteiger partial charge in [0.25, 0.3) is 0 Å². The molecule has 0 aliphatic heterocycles. The number of benzene rings is 2. The second kappa shape index (κ2) is 3.83. The van der Waals surface area contributed by atoms with Crippen LogP contribution < -0.4 is 0 Å². The van der Waals surface area contributed by atoms with E-state index in [-0.39, 0.29) is 5.28 Å². The Morgan fingerprint density at radius 2 is 1.63 bits per heavy atom. The van der Waals surface area contributed by atoms with Crippen LogP contribution in [0.3, 0.4) is 0 Å². The topological polar surface area (TPSA) is 38.9 Å². The van der Waals surface area contributed by atoms with Crippen molar-refractivity contribution in [2.75, 3.05) is 0 Å². The van der Waals surface area contributed by atoms with E-state index in [4.69, 9.17) is 27.6 Å². The molecule has 92 valence electrons. The van der Waals surface area contributed by atoms with E-state index < -0.39 is 0 Å². The second-order valence-electron chi connectivity index (χ2n) is 4.22. The Bertz CT molecular complexity index is 946. The maximum Gasteiger partial charge on any atom is 0.224 e. The number of para-hydroxylation sites is 1. The quantitative estimate of drug-likeness (QED) is 0.343.